The Kier molecular flexibility index (Phi) is 7.24. The molecule has 3 aromatic rings. The second-order valence-electron chi connectivity index (χ2n) is 6.58. The van der Waals surface area contributed by atoms with Crippen LogP contribution < -0.4 is 14.8 Å². The van der Waals surface area contributed by atoms with E-state index >= 15 is 0 Å². The number of thiophene rings is 1. The molecule has 3 rings (SSSR count). The molecule has 1 unspecified atom stereocenters. The van der Waals surface area contributed by atoms with E-state index < -0.39 is 16.1 Å². The number of methoxy groups -OCH3 is 1. The third-order valence-corrected chi connectivity index (χ3v) is 7.80. The standard InChI is InChI=1S/C20H23N3O4S3/c1-13(23-30(25,26)17-7-4-15(27-3)5-8-17)20(24)21-11-10-16-6-9-19(29-16)18-12-28-14(2)22-18/h4-9,12-13,23H,10-11H2,1-3H3,(H,21,24). The molecule has 160 valence electrons. The van der Waals surface area contributed by atoms with Crippen LogP contribution in [0.2, 0.25) is 0 Å². The van der Waals surface area contributed by atoms with Gasteiger partial charge in [0.1, 0.15) is 5.75 Å². The molecule has 10 heteroatoms. The largest absolute Gasteiger partial charge is 0.497 e. The summed E-state index contributed by atoms with van der Waals surface area (Å²) in [6, 6.07) is 9.14. The minimum atomic E-state index is -3.80. The van der Waals surface area contributed by atoms with E-state index in [1.165, 1.54) is 26.2 Å². The molecule has 0 fully saturated rings. The monoisotopic (exact) mass is 465 g/mol. The van der Waals surface area contributed by atoms with Crippen molar-refractivity contribution in [2.45, 2.75) is 31.2 Å². The molecule has 0 aliphatic rings. The van der Waals surface area contributed by atoms with Gasteiger partial charge in [-0.05, 0) is 56.7 Å². The second kappa shape index (κ2) is 9.69. The van der Waals surface area contributed by atoms with E-state index in [4.69, 9.17) is 4.74 Å². The molecule has 0 aliphatic heterocycles. The van der Waals surface area contributed by atoms with Gasteiger partial charge in [0.2, 0.25) is 15.9 Å². The number of nitrogens with one attached hydrogen (secondary N) is 2. The second-order valence-corrected chi connectivity index (χ2v) is 10.5. The van der Waals surface area contributed by atoms with Crippen molar-refractivity contribution >= 4 is 38.6 Å². The number of amides is 1. The number of carbonyl (C=O) groups excluding carboxylic acids is 1. The number of benzene rings is 1. The first kappa shape index (κ1) is 22.4. The van der Waals surface area contributed by atoms with Gasteiger partial charge in [-0.2, -0.15) is 4.72 Å². The quantitative estimate of drug-likeness (QED) is 0.506. The van der Waals surface area contributed by atoms with Crippen LogP contribution in [-0.2, 0) is 21.2 Å². The summed E-state index contributed by atoms with van der Waals surface area (Å²) in [4.78, 5) is 19.1. The minimum absolute atomic E-state index is 0.0753. The van der Waals surface area contributed by atoms with Crippen molar-refractivity contribution in [2.75, 3.05) is 13.7 Å². The smallest absolute Gasteiger partial charge is 0.241 e. The maximum absolute atomic E-state index is 12.4. The first-order chi connectivity index (χ1) is 14.3. The first-order valence-electron chi connectivity index (χ1n) is 9.24. The zero-order valence-electron chi connectivity index (χ0n) is 16.8. The summed E-state index contributed by atoms with van der Waals surface area (Å²) >= 11 is 3.26. The molecule has 0 spiro atoms. The van der Waals surface area contributed by atoms with Crippen LogP contribution in [0.15, 0.2) is 46.7 Å². The van der Waals surface area contributed by atoms with E-state index in [0.717, 1.165) is 20.5 Å². The molecular weight excluding hydrogens is 442 g/mol. The van der Waals surface area contributed by atoms with Gasteiger partial charge in [-0.15, -0.1) is 22.7 Å². The fourth-order valence-corrected chi connectivity index (χ4v) is 5.56. The lowest BCUT2D eigenvalue weighted by atomic mass is 10.3. The summed E-state index contributed by atoms with van der Waals surface area (Å²) in [5.74, 6) is 0.181. The fourth-order valence-electron chi connectivity index (χ4n) is 2.70. The van der Waals surface area contributed by atoms with E-state index in [9.17, 15) is 13.2 Å². The molecule has 30 heavy (non-hydrogen) atoms. The van der Waals surface area contributed by atoms with Gasteiger partial charge in [0.15, 0.2) is 0 Å². The Labute approximate surface area is 184 Å². The average Bonchev–Trinajstić information content (AvgIpc) is 3.36. The SMILES string of the molecule is COc1ccc(S(=O)(=O)NC(C)C(=O)NCCc2ccc(-c3csc(C)n3)s2)cc1. The number of hydrogen-bond donors (Lipinski definition) is 2. The molecule has 0 aliphatic carbocycles. The molecule has 0 saturated carbocycles. The number of aromatic nitrogens is 1. The molecule has 1 aromatic carbocycles. The van der Waals surface area contributed by atoms with E-state index in [1.54, 1.807) is 34.8 Å². The number of sulfonamides is 1. The third-order valence-electron chi connectivity index (χ3n) is 4.30. The number of hydrogen-bond acceptors (Lipinski definition) is 7. The molecule has 0 bridgehead atoms. The molecule has 0 radical (unpaired) electrons. The zero-order valence-corrected chi connectivity index (χ0v) is 19.3. The van der Waals surface area contributed by atoms with Crippen molar-refractivity contribution in [3.63, 3.8) is 0 Å². The molecule has 7 nitrogen and oxygen atoms in total. The van der Waals surface area contributed by atoms with Crippen LogP contribution in [0.1, 0.15) is 16.8 Å². The van der Waals surface area contributed by atoms with Crippen molar-refractivity contribution in [1.29, 1.82) is 0 Å². The van der Waals surface area contributed by atoms with E-state index in [1.807, 2.05) is 24.4 Å². The van der Waals surface area contributed by atoms with E-state index in [-0.39, 0.29) is 10.8 Å². The van der Waals surface area contributed by atoms with Gasteiger partial charge >= 0.3 is 0 Å². The maximum atomic E-state index is 12.4. The van der Waals surface area contributed by atoms with Crippen LogP contribution in [0.25, 0.3) is 10.6 Å². The normalized spacial score (nSPS) is 12.5. The number of thiazole rings is 1. The Morgan fingerprint density at radius 3 is 2.57 bits per heavy atom. The highest BCUT2D eigenvalue weighted by Gasteiger charge is 2.22. The van der Waals surface area contributed by atoms with Gasteiger partial charge in [-0.25, -0.2) is 13.4 Å². The first-order valence-corrected chi connectivity index (χ1v) is 12.4. The van der Waals surface area contributed by atoms with Crippen molar-refractivity contribution in [2.24, 2.45) is 0 Å². The molecular formula is C20H23N3O4S3. The van der Waals surface area contributed by atoms with Gasteiger partial charge in [0.05, 0.1) is 33.6 Å². The maximum Gasteiger partial charge on any atom is 0.241 e. The highest BCUT2D eigenvalue weighted by molar-refractivity contribution is 7.89. The van der Waals surface area contributed by atoms with Crippen LogP contribution in [0.4, 0.5) is 0 Å². The number of rotatable bonds is 9. The Balaban J connectivity index is 1.50. The van der Waals surface area contributed by atoms with Crippen LogP contribution >= 0.6 is 22.7 Å². The molecule has 2 heterocycles. The fraction of sp³-hybridized carbons (Fsp3) is 0.300. The molecule has 1 atom stereocenters. The summed E-state index contributed by atoms with van der Waals surface area (Å²) in [6.45, 7) is 3.91. The third kappa shape index (κ3) is 5.66. The predicted molar refractivity (Wildman–Crippen MR) is 120 cm³/mol. The van der Waals surface area contributed by atoms with Gasteiger partial charge in [-0.1, -0.05) is 0 Å². The van der Waals surface area contributed by atoms with Crippen LogP contribution in [-0.4, -0.2) is 39.0 Å². The Morgan fingerprint density at radius 2 is 1.93 bits per heavy atom. The number of carbonyl (C=O) groups is 1. The highest BCUT2D eigenvalue weighted by atomic mass is 32.2. The van der Waals surface area contributed by atoms with Gasteiger partial charge in [0, 0.05) is 16.8 Å². The summed E-state index contributed by atoms with van der Waals surface area (Å²) in [5.41, 5.74) is 0.972. The topological polar surface area (TPSA) is 97.4 Å². The molecule has 1 amide bonds. The van der Waals surface area contributed by atoms with Crippen molar-refractivity contribution < 1.29 is 17.9 Å². The molecule has 2 N–H and O–H groups in total. The van der Waals surface area contributed by atoms with Gasteiger partial charge in [0.25, 0.3) is 0 Å². The van der Waals surface area contributed by atoms with Crippen molar-refractivity contribution in [3.8, 4) is 16.3 Å². The number of aryl methyl sites for hydroxylation is 1. The van der Waals surface area contributed by atoms with Crippen LogP contribution in [0.5, 0.6) is 5.75 Å². The predicted octanol–water partition coefficient (Wildman–Crippen LogP) is 3.21. The minimum Gasteiger partial charge on any atom is -0.497 e. The Bertz CT molecular complexity index is 1100. The van der Waals surface area contributed by atoms with Crippen molar-refractivity contribution in [1.82, 2.24) is 15.0 Å². The number of nitrogens with zero attached hydrogens (tertiary/aromatic N) is 1. The summed E-state index contributed by atoms with van der Waals surface area (Å²) in [6.07, 6.45) is 0.664. The number of ether oxygens (including phenoxy) is 1. The van der Waals surface area contributed by atoms with Crippen molar-refractivity contribution in [3.05, 3.63) is 51.7 Å². The van der Waals surface area contributed by atoms with Crippen LogP contribution in [0, 0.1) is 6.92 Å². The van der Waals surface area contributed by atoms with Gasteiger partial charge in [-0.3, -0.25) is 4.79 Å². The van der Waals surface area contributed by atoms with Crippen LogP contribution in [0.3, 0.4) is 0 Å². The lowest BCUT2D eigenvalue weighted by Crippen LogP contribution is -2.45. The molecule has 0 saturated heterocycles. The Morgan fingerprint density at radius 1 is 1.20 bits per heavy atom. The van der Waals surface area contributed by atoms with E-state index in [0.29, 0.717) is 18.7 Å². The summed E-state index contributed by atoms with van der Waals surface area (Å²) in [5, 5.41) is 5.84. The zero-order chi connectivity index (χ0) is 21.7. The van der Waals surface area contributed by atoms with Gasteiger partial charge < -0.3 is 10.1 Å². The molecule has 2 aromatic heterocycles. The lowest BCUT2D eigenvalue weighted by Gasteiger charge is -2.14. The Hall–Kier alpha value is -2.27. The average molecular weight is 466 g/mol. The van der Waals surface area contributed by atoms with E-state index in [2.05, 4.69) is 15.0 Å². The summed E-state index contributed by atoms with van der Waals surface area (Å²) < 4.78 is 32.3. The summed E-state index contributed by atoms with van der Waals surface area (Å²) in [7, 11) is -2.30. The lowest BCUT2D eigenvalue weighted by molar-refractivity contribution is -0.122. The highest BCUT2D eigenvalue weighted by Crippen LogP contribution is 2.29.